The molecule has 1 rings (SSSR count). The quantitative estimate of drug-likeness (QED) is 0.718. The van der Waals surface area contributed by atoms with E-state index in [0.717, 1.165) is 45.2 Å². The van der Waals surface area contributed by atoms with Crippen LogP contribution in [0, 0.1) is 0 Å². The van der Waals surface area contributed by atoms with Gasteiger partial charge in [-0.2, -0.15) is 0 Å². The van der Waals surface area contributed by atoms with Crippen LogP contribution in [0.4, 0.5) is 0 Å². The molecule has 0 unspecified atom stereocenters. The summed E-state index contributed by atoms with van der Waals surface area (Å²) in [6, 6.07) is 2.05. The van der Waals surface area contributed by atoms with E-state index in [4.69, 9.17) is 13.9 Å². The molecular formula is C16H30N2O3. The number of hydrogen-bond donors (Lipinski definition) is 1. The standard InChI is InChI=1S/C16H30N2O3/c1-16(2,3)17-12-15-14(6-9-21-15)13-18(7-10-19-4)8-11-20-5/h6,9,17H,7-8,10-13H2,1-5H3. The second-order valence-electron chi connectivity index (χ2n) is 6.23. The van der Waals surface area contributed by atoms with Gasteiger partial charge in [-0.1, -0.05) is 0 Å². The van der Waals surface area contributed by atoms with Crippen LogP contribution in [-0.4, -0.2) is 51.0 Å². The summed E-state index contributed by atoms with van der Waals surface area (Å²) >= 11 is 0. The SMILES string of the molecule is COCCN(CCOC)Cc1ccoc1CNC(C)(C)C. The van der Waals surface area contributed by atoms with Gasteiger partial charge in [0.05, 0.1) is 26.0 Å². The topological polar surface area (TPSA) is 46.9 Å². The van der Waals surface area contributed by atoms with Gasteiger partial charge in [-0.3, -0.25) is 4.90 Å². The van der Waals surface area contributed by atoms with E-state index in [1.165, 1.54) is 5.56 Å². The zero-order valence-corrected chi connectivity index (χ0v) is 14.1. The van der Waals surface area contributed by atoms with Crippen molar-refractivity contribution in [2.24, 2.45) is 0 Å². The minimum atomic E-state index is 0.0792. The number of ether oxygens (including phenoxy) is 2. The summed E-state index contributed by atoms with van der Waals surface area (Å²) in [7, 11) is 3.45. The van der Waals surface area contributed by atoms with Crippen LogP contribution in [0.2, 0.25) is 0 Å². The van der Waals surface area contributed by atoms with Crippen LogP contribution in [-0.2, 0) is 22.6 Å². The van der Waals surface area contributed by atoms with Crippen molar-refractivity contribution in [3.63, 3.8) is 0 Å². The summed E-state index contributed by atoms with van der Waals surface area (Å²) in [5.74, 6) is 1.00. The minimum Gasteiger partial charge on any atom is -0.468 e. The highest BCUT2D eigenvalue weighted by Crippen LogP contribution is 2.14. The number of methoxy groups -OCH3 is 2. The highest BCUT2D eigenvalue weighted by molar-refractivity contribution is 5.17. The van der Waals surface area contributed by atoms with Crippen LogP contribution in [0.15, 0.2) is 16.7 Å². The van der Waals surface area contributed by atoms with Crippen molar-refractivity contribution in [3.05, 3.63) is 23.7 Å². The molecule has 0 aromatic carbocycles. The fourth-order valence-corrected chi connectivity index (χ4v) is 1.96. The lowest BCUT2D eigenvalue weighted by Crippen LogP contribution is -2.35. The van der Waals surface area contributed by atoms with Crippen molar-refractivity contribution < 1.29 is 13.9 Å². The lowest BCUT2D eigenvalue weighted by atomic mass is 10.1. The molecule has 0 aliphatic rings. The van der Waals surface area contributed by atoms with Crippen molar-refractivity contribution >= 4 is 0 Å². The van der Waals surface area contributed by atoms with Gasteiger partial charge in [0.1, 0.15) is 5.76 Å². The molecule has 0 atom stereocenters. The maximum atomic E-state index is 5.62. The first-order valence-corrected chi connectivity index (χ1v) is 7.47. The van der Waals surface area contributed by atoms with Crippen LogP contribution in [0.5, 0.6) is 0 Å². The molecule has 0 spiro atoms. The van der Waals surface area contributed by atoms with E-state index in [1.54, 1.807) is 20.5 Å². The zero-order chi connectivity index (χ0) is 15.7. The number of hydrogen-bond acceptors (Lipinski definition) is 5. The van der Waals surface area contributed by atoms with E-state index in [-0.39, 0.29) is 5.54 Å². The summed E-state index contributed by atoms with van der Waals surface area (Å²) in [6.45, 7) is 11.3. The Morgan fingerprint density at radius 3 is 2.29 bits per heavy atom. The molecule has 0 saturated carbocycles. The smallest absolute Gasteiger partial charge is 0.122 e. The Balaban J connectivity index is 2.59. The van der Waals surface area contributed by atoms with Gasteiger partial charge < -0.3 is 19.2 Å². The zero-order valence-electron chi connectivity index (χ0n) is 14.1. The Hall–Kier alpha value is -0.880. The van der Waals surface area contributed by atoms with Crippen LogP contribution in [0.25, 0.3) is 0 Å². The van der Waals surface area contributed by atoms with Crippen molar-refractivity contribution in [1.82, 2.24) is 10.2 Å². The monoisotopic (exact) mass is 298 g/mol. The first-order chi connectivity index (χ1) is 9.96. The van der Waals surface area contributed by atoms with Gasteiger partial charge in [-0.05, 0) is 26.8 Å². The van der Waals surface area contributed by atoms with Gasteiger partial charge in [0.2, 0.25) is 0 Å². The lowest BCUT2D eigenvalue weighted by molar-refractivity contribution is 0.110. The van der Waals surface area contributed by atoms with Crippen LogP contribution >= 0.6 is 0 Å². The molecule has 1 aromatic heterocycles. The summed E-state index contributed by atoms with van der Waals surface area (Å²) in [6.07, 6.45) is 1.76. The molecule has 0 aliphatic carbocycles. The van der Waals surface area contributed by atoms with Gasteiger partial charge in [-0.25, -0.2) is 0 Å². The van der Waals surface area contributed by atoms with Crippen LogP contribution in [0.1, 0.15) is 32.1 Å². The largest absolute Gasteiger partial charge is 0.468 e. The second-order valence-corrected chi connectivity index (χ2v) is 6.23. The normalized spacial score (nSPS) is 12.3. The molecule has 5 heteroatoms. The molecule has 1 heterocycles. The minimum absolute atomic E-state index is 0.0792. The molecule has 1 aromatic rings. The Kier molecular flexibility index (Phi) is 7.96. The number of furan rings is 1. The third-order valence-electron chi connectivity index (χ3n) is 3.23. The fraction of sp³-hybridized carbons (Fsp3) is 0.750. The lowest BCUT2D eigenvalue weighted by Gasteiger charge is -2.23. The number of nitrogens with one attached hydrogen (secondary N) is 1. The van der Waals surface area contributed by atoms with Crippen molar-refractivity contribution in [3.8, 4) is 0 Å². The van der Waals surface area contributed by atoms with Gasteiger partial charge in [0.25, 0.3) is 0 Å². The highest BCUT2D eigenvalue weighted by atomic mass is 16.5. The Morgan fingerprint density at radius 2 is 1.76 bits per heavy atom. The maximum Gasteiger partial charge on any atom is 0.122 e. The first-order valence-electron chi connectivity index (χ1n) is 7.47. The molecule has 5 nitrogen and oxygen atoms in total. The van der Waals surface area contributed by atoms with Crippen molar-refractivity contribution in [1.29, 1.82) is 0 Å². The van der Waals surface area contributed by atoms with E-state index in [0.29, 0.717) is 0 Å². The molecule has 0 saturated heterocycles. The summed E-state index contributed by atoms with van der Waals surface area (Å²) in [4.78, 5) is 2.32. The van der Waals surface area contributed by atoms with Crippen LogP contribution in [0.3, 0.4) is 0 Å². The predicted molar refractivity (Wildman–Crippen MR) is 84.3 cm³/mol. The fourth-order valence-electron chi connectivity index (χ4n) is 1.96. The van der Waals surface area contributed by atoms with Gasteiger partial charge in [-0.15, -0.1) is 0 Å². The summed E-state index contributed by atoms with van der Waals surface area (Å²) < 4.78 is 16.0. The number of rotatable bonds is 10. The Morgan fingerprint density at radius 1 is 1.14 bits per heavy atom. The van der Waals surface area contributed by atoms with E-state index >= 15 is 0 Å². The highest BCUT2D eigenvalue weighted by Gasteiger charge is 2.14. The van der Waals surface area contributed by atoms with Crippen LogP contribution < -0.4 is 5.32 Å². The van der Waals surface area contributed by atoms with Gasteiger partial charge in [0.15, 0.2) is 0 Å². The maximum absolute atomic E-state index is 5.62. The molecule has 0 amide bonds. The Labute approximate surface area is 128 Å². The molecule has 0 radical (unpaired) electrons. The average Bonchev–Trinajstić information content (AvgIpc) is 2.86. The summed E-state index contributed by atoms with van der Waals surface area (Å²) in [5.41, 5.74) is 1.30. The molecule has 0 bridgehead atoms. The molecule has 122 valence electrons. The molecule has 0 fully saturated rings. The summed E-state index contributed by atoms with van der Waals surface area (Å²) in [5, 5.41) is 3.46. The van der Waals surface area contributed by atoms with Gasteiger partial charge in [0, 0.05) is 45.0 Å². The van der Waals surface area contributed by atoms with E-state index in [2.05, 4.69) is 31.0 Å². The van der Waals surface area contributed by atoms with E-state index in [9.17, 15) is 0 Å². The second kappa shape index (κ2) is 9.20. The molecular weight excluding hydrogens is 268 g/mol. The molecule has 21 heavy (non-hydrogen) atoms. The predicted octanol–water partition coefficient (Wildman–Crippen LogP) is 2.26. The van der Waals surface area contributed by atoms with E-state index in [1.807, 2.05) is 6.07 Å². The third kappa shape index (κ3) is 7.62. The third-order valence-corrected chi connectivity index (χ3v) is 3.23. The van der Waals surface area contributed by atoms with Crippen molar-refractivity contribution in [2.45, 2.75) is 39.4 Å². The molecule has 1 N–H and O–H groups in total. The first kappa shape index (κ1) is 18.2. The Bertz CT molecular complexity index is 377. The van der Waals surface area contributed by atoms with Crippen molar-refractivity contribution in [2.75, 3.05) is 40.5 Å². The van der Waals surface area contributed by atoms with E-state index < -0.39 is 0 Å². The van der Waals surface area contributed by atoms with Gasteiger partial charge >= 0.3 is 0 Å². The molecule has 0 aliphatic heterocycles. The number of nitrogens with zero attached hydrogens (tertiary/aromatic N) is 1. The average molecular weight is 298 g/mol.